The summed E-state index contributed by atoms with van der Waals surface area (Å²) in [7, 11) is 1.98. The van der Waals surface area contributed by atoms with Crippen molar-refractivity contribution in [3.05, 3.63) is 58.2 Å². The molecular weight excluding hydrogens is 366 g/mol. The van der Waals surface area contributed by atoms with E-state index < -0.39 is 0 Å². The zero-order valence-electron chi connectivity index (χ0n) is 13.6. The topological polar surface area (TPSA) is 54.2 Å². The van der Waals surface area contributed by atoms with Gasteiger partial charge in [0.25, 0.3) is 0 Å². The highest BCUT2D eigenvalue weighted by molar-refractivity contribution is 9.10. The van der Waals surface area contributed by atoms with Crippen molar-refractivity contribution in [3.8, 4) is 0 Å². The molecule has 24 heavy (non-hydrogen) atoms. The van der Waals surface area contributed by atoms with Crippen LogP contribution in [-0.4, -0.2) is 21.4 Å². The molecule has 0 aromatic carbocycles. The predicted octanol–water partition coefficient (Wildman–Crippen LogP) is 3.70. The van der Waals surface area contributed by atoms with Crippen molar-refractivity contribution in [2.45, 2.75) is 31.8 Å². The van der Waals surface area contributed by atoms with Crippen LogP contribution in [0.2, 0.25) is 0 Å². The van der Waals surface area contributed by atoms with Gasteiger partial charge >= 0.3 is 0 Å². The molecule has 124 valence electrons. The van der Waals surface area contributed by atoms with E-state index in [9.17, 15) is 0 Å². The molecule has 2 N–H and O–H groups in total. The summed E-state index contributed by atoms with van der Waals surface area (Å²) in [6.45, 7) is 1.53. The van der Waals surface area contributed by atoms with Gasteiger partial charge in [-0.05, 0) is 65.5 Å². The van der Waals surface area contributed by atoms with E-state index in [2.05, 4.69) is 54.4 Å². The minimum atomic E-state index is 0.690. The first-order valence-electron chi connectivity index (χ1n) is 8.23. The van der Waals surface area contributed by atoms with E-state index in [-0.39, 0.29) is 0 Å². The number of anilines is 1. The fraction of sp³-hybridized carbons (Fsp3) is 0.333. The largest absolute Gasteiger partial charge is 0.379 e. The van der Waals surface area contributed by atoms with Gasteiger partial charge in [-0.3, -0.25) is 0 Å². The average Bonchev–Trinajstić information content (AvgIpc) is 3.33. The Morgan fingerprint density at radius 2 is 2.12 bits per heavy atom. The van der Waals surface area contributed by atoms with Gasteiger partial charge in [0.15, 0.2) is 0 Å². The van der Waals surface area contributed by atoms with Gasteiger partial charge in [-0.25, -0.2) is 9.97 Å². The number of pyridine rings is 2. The quantitative estimate of drug-likeness (QED) is 0.635. The van der Waals surface area contributed by atoms with Crippen molar-refractivity contribution in [2.75, 3.05) is 12.4 Å². The second-order valence-electron chi connectivity index (χ2n) is 6.29. The summed E-state index contributed by atoms with van der Waals surface area (Å²) >= 11 is 3.39. The zero-order chi connectivity index (χ0) is 16.5. The van der Waals surface area contributed by atoms with Gasteiger partial charge in [0.1, 0.15) is 10.3 Å². The molecule has 3 aromatic heterocycles. The lowest BCUT2D eigenvalue weighted by Crippen LogP contribution is -2.07. The molecule has 0 aliphatic heterocycles. The van der Waals surface area contributed by atoms with E-state index in [0.29, 0.717) is 6.54 Å². The number of fused-ring (bicyclic) bond motifs is 1. The van der Waals surface area contributed by atoms with Crippen molar-refractivity contribution in [2.24, 2.45) is 0 Å². The number of aromatic nitrogens is 3. The van der Waals surface area contributed by atoms with Gasteiger partial charge in [0.05, 0.1) is 12.2 Å². The fourth-order valence-corrected chi connectivity index (χ4v) is 3.36. The van der Waals surface area contributed by atoms with Crippen LogP contribution in [0.15, 0.2) is 41.4 Å². The highest BCUT2D eigenvalue weighted by Gasteiger charge is 2.25. The smallest absolute Gasteiger partial charge is 0.141 e. The molecule has 0 spiro atoms. The molecule has 1 aliphatic rings. The molecule has 0 amide bonds. The van der Waals surface area contributed by atoms with E-state index in [4.69, 9.17) is 4.98 Å². The Labute approximate surface area is 149 Å². The van der Waals surface area contributed by atoms with Crippen LogP contribution in [0.5, 0.6) is 0 Å². The highest BCUT2D eigenvalue weighted by Crippen LogP contribution is 2.40. The standard InChI is InChI=1S/C18H20BrN5/c1-20-8-13-6-14(12-2-3-12)10-24-11-16(23-18(13)24)9-22-15-4-5-21-17(19)7-15/h4-7,10-12,20H,2-3,8-9H2,1H3,(H,21,22). The molecule has 1 saturated carbocycles. The van der Waals surface area contributed by atoms with Crippen molar-refractivity contribution in [1.82, 2.24) is 19.7 Å². The molecule has 3 heterocycles. The Morgan fingerprint density at radius 3 is 2.88 bits per heavy atom. The molecule has 0 saturated heterocycles. The maximum Gasteiger partial charge on any atom is 0.141 e. The Bertz CT molecular complexity index is 869. The second kappa shape index (κ2) is 6.53. The van der Waals surface area contributed by atoms with Crippen molar-refractivity contribution in [3.63, 3.8) is 0 Å². The molecular formula is C18H20BrN5. The van der Waals surface area contributed by atoms with Crippen LogP contribution < -0.4 is 10.6 Å². The van der Waals surface area contributed by atoms with Crippen LogP contribution >= 0.6 is 15.9 Å². The first kappa shape index (κ1) is 15.6. The lowest BCUT2D eigenvalue weighted by atomic mass is 10.1. The van der Waals surface area contributed by atoms with Gasteiger partial charge in [-0.1, -0.05) is 0 Å². The van der Waals surface area contributed by atoms with Crippen molar-refractivity contribution < 1.29 is 0 Å². The number of rotatable bonds is 6. The van der Waals surface area contributed by atoms with Gasteiger partial charge < -0.3 is 15.0 Å². The van der Waals surface area contributed by atoms with Crippen molar-refractivity contribution in [1.29, 1.82) is 0 Å². The third-order valence-corrected chi connectivity index (χ3v) is 4.75. The van der Waals surface area contributed by atoms with Gasteiger partial charge in [0, 0.05) is 36.4 Å². The molecule has 3 aromatic rings. The van der Waals surface area contributed by atoms with E-state index in [1.165, 1.54) is 24.0 Å². The molecule has 4 rings (SSSR count). The summed E-state index contributed by atoms with van der Waals surface area (Å²) < 4.78 is 3.01. The first-order chi connectivity index (χ1) is 11.7. The van der Waals surface area contributed by atoms with E-state index in [0.717, 1.165) is 34.1 Å². The number of hydrogen-bond donors (Lipinski definition) is 2. The summed E-state index contributed by atoms with van der Waals surface area (Å²) in [4.78, 5) is 8.97. The monoisotopic (exact) mass is 385 g/mol. The predicted molar refractivity (Wildman–Crippen MR) is 99.2 cm³/mol. The number of hydrogen-bond acceptors (Lipinski definition) is 4. The Morgan fingerprint density at radius 1 is 1.25 bits per heavy atom. The number of nitrogens with one attached hydrogen (secondary N) is 2. The van der Waals surface area contributed by atoms with Crippen LogP contribution in [0.25, 0.3) is 5.65 Å². The van der Waals surface area contributed by atoms with Gasteiger partial charge in [-0.15, -0.1) is 0 Å². The molecule has 1 fully saturated rings. The molecule has 5 nitrogen and oxygen atoms in total. The summed E-state index contributed by atoms with van der Waals surface area (Å²) in [6.07, 6.45) is 8.77. The minimum Gasteiger partial charge on any atom is -0.379 e. The van der Waals surface area contributed by atoms with Gasteiger partial charge in [0.2, 0.25) is 0 Å². The maximum atomic E-state index is 4.82. The molecule has 0 atom stereocenters. The minimum absolute atomic E-state index is 0.690. The Balaban J connectivity index is 1.60. The normalized spacial score (nSPS) is 14.2. The van der Waals surface area contributed by atoms with Crippen molar-refractivity contribution >= 4 is 27.3 Å². The number of halogens is 1. The van der Waals surface area contributed by atoms with Crippen LogP contribution in [0.4, 0.5) is 5.69 Å². The summed E-state index contributed by atoms with van der Waals surface area (Å²) in [5.74, 6) is 0.739. The van der Waals surface area contributed by atoms with E-state index >= 15 is 0 Å². The fourth-order valence-electron chi connectivity index (χ4n) is 2.99. The molecule has 0 radical (unpaired) electrons. The lowest BCUT2D eigenvalue weighted by molar-refractivity contribution is 0.813. The first-order valence-corrected chi connectivity index (χ1v) is 9.02. The summed E-state index contributed by atoms with van der Waals surface area (Å²) in [5.41, 5.74) is 5.81. The number of nitrogens with zero attached hydrogens (tertiary/aromatic N) is 3. The van der Waals surface area contributed by atoms with E-state index in [1.54, 1.807) is 6.20 Å². The maximum absolute atomic E-state index is 4.82. The molecule has 0 unspecified atom stereocenters. The van der Waals surface area contributed by atoms with E-state index in [1.807, 2.05) is 19.2 Å². The number of imidazole rings is 1. The zero-order valence-corrected chi connectivity index (χ0v) is 15.2. The lowest BCUT2D eigenvalue weighted by Gasteiger charge is -2.06. The second-order valence-corrected chi connectivity index (χ2v) is 7.10. The third kappa shape index (κ3) is 3.30. The Kier molecular flexibility index (Phi) is 4.24. The SMILES string of the molecule is CNCc1cc(C2CC2)cn2cc(CNc3ccnc(Br)c3)nc12. The van der Waals surface area contributed by atoms with Crippen LogP contribution in [0, 0.1) is 0 Å². The molecule has 1 aliphatic carbocycles. The van der Waals surface area contributed by atoms with Gasteiger partial charge in [-0.2, -0.15) is 0 Å². The van der Waals surface area contributed by atoms with Crippen LogP contribution in [0.1, 0.15) is 35.6 Å². The molecule has 6 heteroatoms. The highest BCUT2D eigenvalue weighted by atomic mass is 79.9. The molecule has 0 bridgehead atoms. The summed E-state index contributed by atoms with van der Waals surface area (Å²) in [6, 6.07) is 6.24. The summed E-state index contributed by atoms with van der Waals surface area (Å²) in [5, 5.41) is 6.66. The van der Waals surface area contributed by atoms with Crippen LogP contribution in [-0.2, 0) is 13.1 Å². The average molecular weight is 386 g/mol. The third-order valence-electron chi connectivity index (χ3n) is 4.31. The van der Waals surface area contributed by atoms with Crippen LogP contribution in [0.3, 0.4) is 0 Å². The Hall–Kier alpha value is -1.92.